The van der Waals surface area contributed by atoms with E-state index in [-0.39, 0.29) is 24.0 Å². The normalized spacial score (nSPS) is 17.5. The largest absolute Gasteiger partial charge is 0.493 e. The number of halogens is 1. The minimum Gasteiger partial charge on any atom is -0.493 e. The van der Waals surface area contributed by atoms with E-state index < -0.39 is 0 Å². The molecule has 0 amide bonds. The van der Waals surface area contributed by atoms with Gasteiger partial charge in [0.2, 0.25) is 0 Å². The van der Waals surface area contributed by atoms with Crippen molar-refractivity contribution in [2.24, 2.45) is 10.9 Å². The Balaban J connectivity index is 0.00000338. The second-order valence-electron chi connectivity index (χ2n) is 6.33. The lowest BCUT2D eigenvalue weighted by atomic mass is 10.1. The van der Waals surface area contributed by atoms with Crippen molar-refractivity contribution >= 4 is 35.6 Å². The molecule has 148 valence electrons. The molecule has 1 aliphatic rings. The maximum Gasteiger partial charge on any atom is 0.195 e. The van der Waals surface area contributed by atoms with Crippen LogP contribution in [0.4, 0.5) is 5.69 Å². The molecular formula is C19H33IN4O2. The average Bonchev–Trinajstić information content (AvgIpc) is 3.07. The Hall–Kier alpha value is -1.22. The van der Waals surface area contributed by atoms with Crippen molar-refractivity contribution in [3.05, 3.63) is 18.2 Å². The number of guanidine groups is 1. The van der Waals surface area contributed by atoms with Crippen LogP contribution < -0.4 is 20.1 Å². The number of hydrogen-bond donors (Lipinski definition) is 2. The molecule has 0 saturated carbocycles. The fraction of sp³-hybridized carbons (Fsp3) is 0.632. The SMILES string of the molecule is CCCN1CCC(CNC(=NC)Nc2ccc(OC)c(OCC)c2)C1.I. The number of anilines is 1. The van der Waals surface area contributed by atoms with E-state index in [1.54, 1.807) is 14.2 Å². The Kier molecular flexibility index (Phi) is 10.7. The lowest BCUT2D eigenvalue weighted by Crippen LogP contribution is -2.35. The molecule has 26 heavy (non-hydrogen) atoms. The number of methoxy groups -OCH3 is 1. The van der Waals surface area contributed by atoms with Crippen LogP contribution in [0.1, 0.15) is 26.7 Å². The molecule has 0 radical (unpaired) electrons. The maximum absolute atomic E-state index is 5.63. The molecule has 1 unspecified atom stereocenters. The highest BCUT2D eigenvalue weighted by Crippen LogP contribution is 2.30. The molecule has 6 nitrogen and oxygen atoms in total. The highest BCUT2D eigenvalue weighted by atomic mass is 127. The summed E-state index contributed by atoms with van der Waals surface area (Å²) in [6.45, 7) is 9.33. The second-order valence-corrected chi connectivity index (χ2v) is 6.33. The third-order valence-corrected chi connectivity index (χ3v) is 4.42. The Morgan fingerprint density at radius 2 is 2.12 bits per heavy atom. The maximum atomic E-state index is 5.63. The summed E-state index contributed by atoms with van der Waals surface area (Å²) in [6.07, 6.45) is 2.48. The number of benzene rings is 1. The monoisotopic (exact) mass is 476 g/mol. The van der Waals surface area contributed by atoms with Crippen LogP contribution in [0.3, 0.4) is 0 Å². The molecule has 1 fully saturated rings. The predicted octanol–water partition coefficient (Wildman–Crippen LogP) is 3.43. The number of likely N-dealkylation sites (tertiary alicyclic amines) is 1. The van der Waals surface area contributed by atoms with Crippen molar-refractivity contribution in [2.75, 3.05) is 52.3 Å². The first kappa shape index (κ1) is 22.8. The van der Waals surface area contributed by atoms with E-state index in [0.717, 1.165) is 29.7 Å². The molecule has 0 bridgehead atoms. The van der Waals surface area contributed by atoms with Crippen molar-refractivity contribution in [3.63, 3.8) is 0 Å². The fourth-order valence-electron chi connectivity index (χ4n) is 3.18. The Morgan fingerprint density at radius 3 is 2.77 bits per heavy atom. The highest BCUT2D eigenvalue weighted by Gasteiger charge is 2.21. The van der Waals surface area contributed by atoms with Gasteiger partial charge in [0.15, 0.2) is 17.5 Å². The Morgan fingerprint density at radius 1 is 1.31 bits per heavy atom. The standard InChI is InChI=1S/C19H32N4O2.HI/c1-5-10-23-11-9-15(14-23)13-21-19(20-3)22-16-7-8-17(24-4)18(12-16)25-6-2;/h7-8,12,15H,5-6,9-11,13-14H2,1-4H3,(H2,20,21,22);1H. The van der Waals surface area contributed by atoms with E-state index in [9.17, 15) is 0 Å². The molecule has 1 aliphatic heterocycles. The van der Waals surface area contributed by atoms with Gasteiger partial charge in [-0.05, 0) is 50.9 Å². The third-order valence-electron chi connectivity index (χ3n) is 4.42. The van der Waals surface area contributed by atoms with E-state index in [2.05, 4.69) is 27.4 Å². The zero-order valence-corrected chi connectivity index (χ0v) is 18.7. The first-order valence-corrected chi connectivity index (χ1v) is 9.21. The lowest BCUT2D eigenvalue weighted by molar-refractivity contribution is 0.311. The summed E-state index contributed by atoms with van der Waals surface area (Å²) < 4.78 is 11.0. The lowest BCUT2D eigenvalue weighted by Gasteiger charge is -2.17. The summed E-state index contributed by atoms with van der Waals surface area (Å²) in [5, 5.41) is 6.77. The summed E-state index contributed by atoms with van der Waals surface area (Å²) in [5.41, 5.74) is 0.927. The molecule has 1 atom stereocenters. The van der Waals surface area contributed by atoms with E-state index >= 15 is 0 Å². The van der Waals surface area contributed by atoms with Crippen molar-refractivity contribution < 1.29 is 9.47 Å². The number of nitrogens with zero attached hydrogens (tertiary/aromatic N) is 2. The molecule has 1 aromatic carbocycles. The van der Waals surface area contributed by atoms with Crippen molar-refractivity contribution in [1.29, 1.82) is 0 Å². The smallest absolute Gasteiger partial charge is 0.195 e. The number of rotatable bonds is 8. The summed E-state index contributed by atoms with van der Waals surface area (Å²) in [4.78, 5) is 6.87. The quantitative estimate of drug-likeness (QED) is 0.342. The van der Waals surface area contributed by atoms with Gasteiger partial charge in [-0.3, -0.25) is 4.99 Å². The number of aliphatic imine (C=N–C) groups is 1. The third kappa shape index (κ3) is 6.83. The molecule has 0 aromatic heterocycles. The summed E-state index contributed by atoms with van der Waals surface area (Å²) in [6, 6.07) is 5.81. The molecule has 1 saturated heterocycles. The fourth-order valence-corrected chi connectivity index (χ4v) is 3.18. The summed E-state index contributed by atoms with van der Waals surface area (Å²) in [7, 11) is 3.44. The minimum absolute atomic E-state index is 0. The van der Waals surface area contributed by atoms with Crippen LogP contribution in [0.25, 0.3) is 0 Å². The van der Waals surface area contributed by atoms with Gasteiger partial charge >= 0.3 is 0 Å². The van der Waals surface area contributed by atoms with Gasteiger partial charge in [-0.15, -0.1) is 24.0 Å². The highest BCUT2D eigenvalue weighted by molar-refractivity contribution is 14.0. The van der Waals surface area contributed by atoms with E-state index in [4.69, 9.17) is 9.47 Å². The zero-order chi connectivity index (χ0) is 18.1. The van der Waals surface area contributed by atoms with Crippen LogP contribution in [0, 0.1) is 5.92 Å². The summed E-state index contributed by atoms with van der Waals surface area (Å²) >= 11 is 0. The molecule has 7 heteroatoms. The van der Waals surface area contributed by atoms with Gasteiger partial charge in [0.25, 0.3) is 0 Å². The zero-order valence-electron chi connectivity index (χ0n) is 16.4. The Labute approximate surface area is 174 Å². The molecule has 2 N–H and O–H groups in total. The minimum atomic E-state index is 0. The van der Waals surface area contributed by atoms with Crippen LogP contribution in [-0.4, -0.2) is 57.8 Å². The van der Waals surface area contributed by atoms with Crippen LogP contribution in [-0.2, 0) is 0 Å². The predicted molar refractivity (Wildman–Crippen MR) is 119 cm³/mol. The van der Waals surface area contributed by atoms with Crippen molar-refractivity contribution in [1.82, 2.24) is 10.2 Å². The van der Waals surface area contributed by atoms with Crippen LogP contribution in [0.15, 0.2) is 23.2 Å². The molecule has 1 heterocycles. The van der Waals surface area contributed by atoms with Crippen LogP contribution >= 0.6 is 24.0 Å². The van der Waals surface area contributed by atoms with Gasteiger partial charge in [-0.25, -0.2) is 0 Å². The molecule has 1 aromatic rings. The molecular weight excluding hydrogens is 443 g/mol. The summed E-state index contributed by atoms with van der Waals surface area (Å²) in [5.74, 6) is 2.93. The van der Waals surface area contributed by atoms with Gasteiger partial charge in [-0.2, -0.15) is 0 Å². The van der Waals surface area contributed by atoms with Crippen molar-refractivity contribution in [2.45, 2.75) is 26.7 Å². The van der Waals surface area contributed by atoms with Crippen molar-refractivity contribution in [3.8, 4) is 11.5 Å². The Bertz CT molecular complexity index is 568. The van der Waals surface area contributed by atoms with Gasteiger partial charge in [0, 0.05) is 31.9 Å². The van der Waals surface area contributed by atoms with Crippen LogP contribution in [0.2, 0.25) is 0 Å². The van der Waals surface area contributed by atoms with Gasteiger partial charge in [-0.1, -0.05) is 6.92 Å². The molecule has 0 spiro atoms. The number of nitrogens with one attached hydrogen (secondary N) is 2. The van der Waals surface area contributed by atoms with Gasteiger partial charge in [0.1, 0.15) is 0 Å². The number of ether oxygens (including phenoxy) is 2. The molecule has 0 aliphatic carbocycles. The topological polar surface area (TPSA) is 58.1 Å². The van der Waals surface area contributed by atoms with E-state index in [0.29, 0.717) is 12.5 Å². The number of hydrogen-bond acceptors (Lipinski definition) is 4. The van der Waals surface area contributed by atoms with Crippen LogP contribution in [0.5, 0.6) is 11.5 Å². The molecule has 2 rings (SSSR count). The first-order chi connectivity index (χ1) is 12.2. The second kappa shape index (κ2) is 12.2. The first-order valence-electron chi connectivity index (χ1n) is 9.21. The average molecular weight is 476 g/mol. The van der Waals surface area contributed by atoms with E-state index in [1.165, 1.54) is 32.5 Å². The van der Waals surface area contributed by atoms with Gasteiger partial charge in [0.05, 0.1) is 13.7 Å². The van der Waals surface area contributed by atoms with Gasteiger partial charge < -0.3 is 25.0 Å². The van der Waals surface area contributed by atoms with E-state index in [1.807, 2.05) is 25.1 Å².